The Kier molecular flexibility index (Phi) is 7.41. The number of guanidine groups is 1. The number of terminal acetylenes is 1. The molecule has 5 heteroatoms. The van der Waals surface area contributed by atoms with Gasteiger partial charge in [-0.05, 0) is 29.3 Å². The molecule has 0 unspecified atom stereocenters. The minimum absolute atomic E-state index is 0. The molecule has 0 saturated carbocycles. The third kappa shape index (κ3) is 4.39. The molecule has 0 saturated heterocycles. The van der Waals surface area contributed by atoms with E-state index in [1.54, 1.807) is 11.3 Å². The lowest BCUT2D eigenvalue weighted by Crippen LogP contribution is -2.37. The van der Waals surface area contributed by atoms with Crippen LogP contribution in [0.4, 0.5) is 0 Å². The van der Waals surface area contributed by atoms with Crippen molar-refractivity contribution in [2.75, 3.05) is 13.1 Å². The summed E-state index contributed by atoms with van der Waals surface area (Å²) >= 11 is 1.75. The summed E-state index contributed by atoms with van der Waals surface area (Å²) in [5.74, 6) is 3.31. The number of hydrogen-bond acceptors (Lipinski definition) is 2. The average molecular weight is 399 g/mol. The van der Waals surface area contributed by atoms with Crippen LogP contribution in [0.3, 0.4) is 0 Å². The molecule has 1 heterocycles. The highest BCUT2D eigenvalue weighted by Crippen LogP contribution is 2.25. The van der Waals surface area contributed by atoms with Gasteiger partial charge >= 0.3 is 0 Å². The standard InChI is InChI=1S/C15H17N3S.HI/c1-3-9-17-15(16-4-2)18-10-12-11-19-14-8-6-5-7-13(12)14;/h1,5-8,11H,4,9-10H2,2H3,(H2,16,17,18);1H. The van der Waals surface area contributed by atoms with Crippen molar-refractivity contribution in [2.24, 2.45) is 4.99 Å². The predicted octanol–water partition coefficient (Wildman–Crippen LogP) is 3.21. The van der Waals surface area contributed by atoms with Crippen molar-refractivity contribution in [1.82, 2.24) is 10.6 Å². The minimum Gasteiger partial charge on any atom is -0.357 e. The van der Waals surface area contributed by atoms with Gasteiger partial charge in [-0.3, -0.25) is 0 Å². The lowest BCUT2D eigenvalue weighted by molar-refractivity contribution is 0.867. The van der Waals surface area contributed by atoms with Gasteiger partial charge in [0, 0.05) is 11.2 Å². The van der Waals surface area contributed by atoms with E-state index >= 15 is 0 Å². The lowest BCUT2D eigenvalue weighted by atomic mass is 10.2. The molecule has 0 fully saturated rings. The maximum absolute atomic E-state index is 5.24. The van der Waals surface area contributed by atoms with Crippen molar-refractivity contribution < 1.29 is 0 Å². The van der Waals surface area contributed by atoms with Crippen molar-refractivity contribution in [1.29, 1.82) is 0 Å². The van der Waals surface area contributed by atoms with Crippen LogP contribution in [-0.4, -0.2) is 19.0 Å². The molecule has 20 heavy (non-hydrogen) atoms. The summed E-state index contributed by atoms with van der Waals surface area (Å²) in [4.78, 5) is 4.55. The van der Waals surface area contributed by atoms with E-state index < -0.39 is 0 Å². The van der Waals surface area contributed by atoms with Crippen molar-refractivity contribution in [2.45, 2.75) is 13.5 Å². The number of thiophene rings is 1. The Bertz CT molecular complexity index is 613. The van der Waals surface area contributed by atoms with Crippen molar-refractivity contribution in [3.05, 3.63) is 35.2 Å². The number of halogens is 1. The van der Waals surface area contributed by atoms with Gasteiger partial charge < -0.3 is 10.6 Å². The summed E-state index contributed by atoms with van der Waals surface area (Å²) in [7, 11) is 0. The quantitative estimate of drug-likeness (QED) is 0.359. The maximum atomic E-state index is 5.24. The fraction of sp³-hybridized carbons (Fsp3) is 0.267. The number of hydrogen-bond donors (Lipinski definition) is 2. The van der Waals surface area contributed by atoms with Crippen LogP contribution in [0.15, 0.2) is 34.6 Å². The van der Waals surface area contributed by atoms with Gasteiger partial charge in [0.05, 0.1) is 13.1 Å². The van der Waals surface area contributed by atoms with Gasteiger partial charge in [-0.1, -0.05) is 24.1 Å². The molecule has 0 aliphatic carbocycles. The zero-order valence-corrected chi connectivity index (χ0v) is 14.5. The third-order valence-electron chi connectivity index (χ3n) is 2.67. The van der Waals surface area contributed by atoms with E-state index in [1.807, 2.05) is 6.92 Å². The van der Waals surface area contributed by atoms with Crippen LogP contribution in [0, 0.1) is 12.3 Å². The minimum atomic E-state index is 0. The molecule has 106 valence electrons. The monoisotopic (exact) mass is 399 g/mol. The molecule has 1 aromatic carbocycles. The van der Waals surface area contributed by atoms with E-state index in [4.69, 9.17) is 6.42 Å². The van der Waals surface area contributed by atoms with Crippen molar-refractivity contribution in [3.8, 4) is 12.3 Å². The smallest absolute Gasteiger partial charge is 0.192 e. The first-order valence-electron chi connectivity index (χ1n) is 6.26. The highest BCUT2D eigenvalue weighted by atomic mass is 127. The number of fused-ring (bicyclic) bond motifs is 1. The van der Waals surface area contributed by atoms with Crippen molar-refractivity contribution in [3.63, 3.8) is 0 Å². The molecular formula is C15H18IN3S. The highest BCUT2D eigenvalue weighted by molar-refractivity contribution is 14.0. The summed E-state index contributed by atoms with van der Waals surface area (Å²) in [6.45, 7) is 3.99. The maximum Gasteiger partial charge on any atom is 0.192 e. The van der Waals surface area contributed by atoms with Crippen LogP contribution < -0.4 is 10.6 Å². The topological polar surface area (TPSA) is 36.4 Å². The number of nitrogens with zero attached hydrogens (tertiary/aromatic N) is 1. The second kappa shape index (κ2) is 8.82. The Labute approximate surface area is 140 Å². The fourth-order valence-electron chi connectivity index (χ4n) is 1.80. The molecular weight excluding hydrogens is 381 g/mol. The van der Waals surface area contributed by atoms with E-state index in [0.29, 0.717) is 13.1 Å². The molecule has 0 amide bonds. The number of rotatable bonds is 4. The van der Waals surface area contributed by atoms with Gasteiger partial charge in [-0.15, -0.1) is 41.7 Å². The predicted molar refractivity (Wildman–Crippen MR) is 98.9 cm³/mol. The first kappa shape index (κ1) is 16.8. The molecule has 0 aliphatic rings. The molecule has 0 aliphatic heterocycles. The van der Waals surface area contributed by atoms with E-state index in [1.165, 1.54) is 15.6 Å². The van der Waals surface area contributed by atoms with Gasteiger partial charge in [-0.25, -0.2) is 4.99 Å². The van der Waals surface area contributed by atoms with E-state index in [-0.39, 0.29) is 24.0 Å². The summed E-state index contributed by atoms with van der Waals surface area (Å²) in [6, 6.07) is 8.39. The van der Waals surface area contributed by atoms with Gasteiger partial charge in [0.2, 0.25) is 0 Å². The zero-order valence-electron chi connectivity index (χ0n) is 11.3. The number of aliphatic imine (C=N–C) groups is 1. The van der Waals surface area contributed by atoms with E-state index in [2.05, 4.69) is 51.2 Å². The second-order valence-electron chi connectivity index (χ2n) is 4.01. The Morgan fingerprint density at radius 2 is 2.15 bits per heavy atom. The van der Waals surface area contributed by atoms with Gasteiger partial charge in [0.25, 0.3) is 0 Å². The second-order valence-corrected chi connectivity index (χ2v) is 4.92. The molecule has 0 radical (unpaired) electrons. The molecule has 2 N–H and O–H groups in total. The first-order valence-corrected chi connectivity index (χ1v) is 7.14. The van der Waals surface area contributed by atoms with E-state index in [0.717, 1.165) is 12.5 Å². The Balaban J connectivity index is 0.00000200. The highest BCUT2D eigenvalue weighted by Gasteiger charge is 2.03. The summed E-state index contributed by atoms with van der Waals surface area (Å²) in [5, 5.41) is 9.71. The van der Waals surface area contributed by atoms with Crippen LogP contribution in [0.2, 0.25) is 0 Å². The molecule has 0 bridgehead atoms. The van der Waals surface area contributed by atoms with Crippen LogP contribution in [0.1, 0.15) is 12.5 Å². The largest absolute Gasteiger partial charge is 0.357 e. The van der Waals surface area contributed by atoms with Gasteiger partial charge in [0.15, 0.2) is 5.96 Å². The Morgan fingerprint density at radius 3 is 2.90 bits per heavy atom. The molecule has 3 nitrogen and oxygen atoms in total. The van der Waals surface area contributed by atoms with E-state index in [9.17, 15) is 0 Å². The normalized spacial score (nSPS) is 10.7. The molecule has 0 spiro atoms. The van der Waals surface area contributed by atoms with Crippen LogP contribution in [0.5, 0.6) is 0 Å². The molecule has 0 atom stereocenters. The lowest BCUT2D eigenvalue weighted by Gasteiger charge is -2.08. The summed E-state index contributed by atoms with van der Waals surface area (Å²) in [5.41, 5.74) is 1.25. The Hall–Kier alpha value is -1.26. The third-order valence-corrected chi connectivity index (χ3v) is 3.68. The average Bonchev–Trinajstić information content (AvgIpc) is 2.85. The van der Waals surface area contributed by atoms with Crippen LogP contribution in [0.25, 0.3) is 10.1 Å². The zero-order chi connectivity index (χ0) is 13.5. The first-order chi connectivity index (χ1) is 9.35. The van der Waals surface area contributed by atoms with Crippen LogP contribution in [-0.2, 0) is 6.54 Å². The van der Waals surface area contributed by atoms with Gasteiger partial charge in [-0.2, -0.15) is 0 Å². The summed E-state index contributed by atoms with van der Waals surface area (Å²) in [6.07, 6.45) is 5.24. The molecule has 2 aromatic rings. The van der Waals surface area contributed by atoms with Crippen LogP contribution >= 0.6 is 35.3 Å². The van der Waals surface area contributed by atoms with Gasteiger partial charge in [0.1, 0.15) is 0 Å². The molecule has 1 aromatic heterocycles. The van der Waals surface area contributed by atoms with Crippen molar-refractivity contribution >= 4 is 51.4 Å². The SMILES string of the molecule is C#CCNC(=NCc1csc2ccccc12)NCC.I. The number of nitrogens with one attached hydrogen (secondary N) is 2. The summed E-state index contributed by atoms with van der Waals surface area (Å²) < 4.78 is 1.30. The fourth-order valence-corrected chi connectivity index (χ4v) is 2.75. The molecule has 2 rings (SSSR count). The number of benzene rings is 1. The Morgan fingerprint density at radius 1 is 1.35 bits per heavy atom.